The summed E-state index contributed by atoms with van der Waals surface area (Å²) in [6, 6.07) is 9.54. The quantitative estimate of drug-likeness (QED) is 0.276. The number of hydrogen-bond donors (Lipinski definition) is 0. The fraction of sp³-hybridized carbons (Fsp3) is 0.526. The minimum atomic E-state index is 0.231. The predicted octanol–water partition coefficient (Wildman–Crippen LogP) is 5.96. The molecule has 0 bridgehead atoms. The summed E-state index contributed by atoms with van der Waals surface area (Å²) in [6.07, 6.45) is 10.4. The Morgan fingerprint density at radius 2 is 1.55 bits per heavy atom. The molecule has 1 aromatic carbocycles. The number of Topliss-reactive ketones (excluding diaryl/α,β-unsaturated/α-hetero) is 1. The van der Waals surface area contributed by atoms with Gasteiger partial charge in [-0.05, 0) is 19.3 Å². The largest absolute Gasteiger partial charge is 0.294 e. The fourth-order valence-corrected chi connectivity index (χ4v) is 2.34. The van der Waals surface area contributed by atoms with Crippen molar-refractivity contribution in [1.82, 2.24) is 0 Å². The van der Waals surface area contributed by atoms with E-state index >= 15 is 0 Å². The Labute approximate surface area is 124 Å². The third-order valence-electron chi connectivity index (χ3n) is 3.69. The van der Waals surface area contributed by atoms with Gasteiger partial charge in [0, 0.05) is 12.0 Å². The van der Waals surface area contributed by atoms with Gasteiger partial charge in [-0.15, -0.1) is 0 Å². The Bertz CT molecular complexity index is 391. The molecule has 0 saturated carbocycles. The zero-order valence-corrected chi connectivity index (χ0v) is 12.9. The molecule has 0 spiro atoms. The molecule has 0 aromatic heterocycles. The van der Waals surface area contributed by atoms with Crippen LogP contribution < -0.4 is 0 Å². The molecule has 0 amide bonds. The van der Waals surface area contributed by atoms with E-state index in [-0.39, 0.29) is 5.78 Å². The van der Waals surface area contributed by atoms with Crippen molar-refractivity contribution in [2.75, 3.05) is 0 Å². The lowest BCUT2D eigenvalue weighted by atomic mass is 9.99. The van der Waals surface area contributed by atoms with E-state index in [1.54, 1.807) is 0 Å². The molecule has 20 heavy (non-hydrogen) atoms. The molecule has 110 valence electrons. The summed E-state index contributed by atoms with van der Waals surface area (Å²) in [5.41, 5.74) is 2.05. The lowest BCUT2D eigenvalue weighted by molar-refractivity contribution is 0.0982. The van der Waals surface area contributed by atoms with Crippen molar-refractivity contribution in [2.45, 2.75) is 64.7 Å². The van der Waals surface area contributed by atoms with Crippen LogP contribution in [0.5, 0.6) is 0 Å². The van der Waals surface area contributed by atoms with Crippen molar-refractivity contribution in [3.63, 3.8) is 0 Å². The first-order chi connectivity index (χ1) is 9.74. The van der Waals surface area contributed by atoms with E-state index < -0.39 is 0 Å². The van der Waals surface area contributed by atoms with Crippen LogP contribution in [0.15, 0.2) is 42.5 Å². The molecular weight excluding hydrogens is 244 g/mol. The molecule has 1 rings (SSSR count). The first-order valence-electron chi connectivity index (χ1n) is 7.99. The van der Waals surface area contributed by atoms with Gasteiger partial charge >= 0.3 is 0 Å². The summed E-state index contributed by atoms with van der Waals surface area (Å²) in [5, 5.41) is 0. The third kappa shape index (κ3) is 7.28. The minimum absolute atomic E-state index is 0.231. The van der Waals surface area contributed by atoms with Crippen molar-refractivity contribution in [1.29, 1.82) is 0 Å². The van der Waals surface area contributed by atoms with Gasteiger partial charge in [-0.3, -0.25) is 4.79 Å². The Balaban J connectivity index is 2.09. The summed E-state index contributed by atoms with van der Waals surface area (Å²) in [4.78, 5) is 12.0. The van der Waals surface area contributed by atoms with Crippen molar-refractivity contribution < 1.29 is 4.79 Å². The normalized spacial score (nSPS) is 10.4. The first-order valence-corrected chi connectivity index (χ1v) is 7.99. The summed E-state index contributed by atoms with van der Waals surface area (Å²) in [5.74, 6) is 0.231. The number of unbranched alkanes of at least 4 members (excludes halogenated alkanes) is 5. The molecule has 0 aliphatic heterocycles. The van der Waals surface area contributed by atoms with Crippen LogP contribution in [-0.2, 0) is 0 Å². The highest BCUT2D eigenvalue weighted by molar-refractivity contribution is 5.96. The van der Waals surface area contributed by atoms with Gasteiger partial charge in [-0.25, -0.2) is 0 Å². The van der Waals surface area contributed by atoms with Gasteiger partial charge in [0.2, 0.25) is 0 Å². The van der Waals surface area contributed by atoms with Gasteiger partial charge in [0.15, 0.2) is 5.78 Å². The van der Waals surface area contributed by atoms with E-state index in [4.69, 9.17) is 0 Å². The minimum Gasteiger partial charge on any atom is -0.294 e. The second-order valence-electron chi connectivity index (χ2n) is 5.56. The van der Waals surface area contributed by atoms with Crippen LogP contribution in [-0.4, -0.2) is 5.78 Å². The predicted molar refractivity (Wildman–Crippen MR) is 87.1 cm³/mol. The van der Waals surface area contributed by atoms with E-state index in [2.05, 4.69) is 13.5 Å². The van der Waals surface area contributed by atoms with Crippen molar-refractivity contribution in [3.05, 3.63) is 48.0 Å². The van der Waals surface area contributed by atoms with E-state index in [0.717, 1.165) is 18.4 Å². The van der Waals surface area contributed by atoms with Crippen molar-refractivity contribution in [3.8, 4) is 0 Å². The maximum atomic E-state index is 12.0. The maximum absolute atomic E-state index is 12.0. The topological polar surface area (TPSA) is 17.1 Å². The average molecular weight is 272 g/mol. The molecule has 0 heterocycles. The van der Waals surface area contributed by atoms with Gasteiger partial charge in [0.05, 0.1) is 0 Å². The summed E-state index contributed by atoms with van der Waals surface area (Å²) in [7, 11) is 0. The zero-order chi connectivity index (χ0) is 14.6. The SMILES string of the molecule is C=C(CCCCCCCC)CCC(=O)c1ccccc1. The molecule has 0 atom stereocenters. The molecule has 1 nitrogen and oxygen atoms in total. The molecule has 1 aromatic rings. The van der Waals surface area contributed by atoms with Crippen LogP contribution in [0.4, 0.5) is 0 Å². The number of rotatable bonds is 11. The summed E-state index contributed by atoms with van der Waals surface area (Å²) < 4.78 is 0. The summed E-state index contributed by atoms with van der Waals surface area (Å²) >= 11 is 0. The van der Waals surface area contributed by atoms with Crippen LogP contribution in [0.2, 0.25) is 0 Å². The molecule has 0 aliphatic rings. The van der Waals surface area contributed by atoms with Crippen LogP contribution in [0.25, 0.3) is 0 Å². The van der Waals surface area contributed by atoms with E-state index in [0.29, 0.717) is 6.42 Å². The third-order valence-corrected chi connectivity index (χ3v) is 3.69. The van der Waals surface area contributed by atoms with Crippen LogP contribution in [0.3, 0.4) is 0 Å². The van der Waals surface area contributed by atoms with Gasteiger partial charge in [-0.2, -0.15) is 0 Å². The van der Waals surface area contributed by atoms with Crippen molar-refractivity contribution >= 4 is 5.78 Å². The number of benzene rings is 1. The molecule has 0 fully saturated rings. The first kappa shape index (κ1) is 16.7. The highest BCUT2D eigenvalue weighted by atomic mass is 16.1. The lowest BCUT2D eigenvalue weighted by Crippen LogP contribution is -1.99. The second kappa shape index (κ2) is 10.4. The summed E-state index contributed by atoms with van der Waals surface area (Å²) in [6.45, 7) is 6.34. The van der Waals surface area contributed by atoms with Crippen LogP contribution in [0.1, 0.15) is 75.1 Å². The fourth-order valence-electron chi connectivity index (χ4n) is 2.34. The van der Waals surface area contributed by atoms with E-state index in [1.165, 1.54) is 44.1 Å². The number of ketones is 1. The molecule has 0 saturated heterocycles. The average Bonchev–Trinajstić information content (AvgIpc) is 2.49. The zero-order valence-electron chi connectivity index (χ0n) is 12.9. The highest BCUT2D eigenvalue weighted by Crippen LogP contribution is 2.16. The Hall–Kier alpha value is -1.37. The van der Waals surface area contributed by atoms with E-state index in [9.17, 15) is 4.79 Å². The Morgan fingerprint density at radius 1 is 0.900 bits per heavy atom. The van der Waals surface area contributed by atoms with Crippen molar-refractivity contribution in [2.24, 2.45) is 0 Å². The van der Waals surface area contributed by atoms with Crippen LogP contribution >= 0.6 is 0 Å². The maximum Gasteiger partial charge on any atom is 0.163 e. The highest BCUT2D eigenvalue weighted by Gasteiger charge is 2.05. The lowest BCUT2D eigenvalue weighted by Gasteiger charge is -2.05. The van der Waals surface area contributed by atoms with Gasteiger partial charge in [0.1, 0.15) is 0 Å². The molecule has 0 aliphatic carbocycles. The van der Waals surface area contributed by atoms with E-state index in [1.807, 2.05) is 30.3 Å². The number of allylic oxidation sites excluding steroid dienone is 1. The standard InChI is InChI=1S/C19H28O/c1-3-4-5-6-7-9-12-17(2)15-16-19(20)18-13-10-8-11-14-18/h8,10-11,13-14H,2-7,9,12,15-16H2,1H3. The Kier molecular flexibility index (Phi) is 8.69. The molecule has 1 heteroatoms. The van der Waals surface area contributed by atoms with Crippen LogP contribution in [0, 0.1) is 0 Å². The molecule has 0 radical (unpaired) electrons. The smallest absolute Gasteiger partial charge is 0.163 e. The number of carbonyl (C=O) groups excluding carboxylic acids is 1. The van der Waals surface area contributed by atoms with Gasteiger partial charge in [-0.1, -0.05) is 81.5 Å². The number of carbonyl (C=O) groups is 1. The second-order valence-corrected chi connectivity index (χ2v) is 5.56. The molecular formula is C19H28O. The monoisotopic (exact) mass is 272 g/mol. The van der Waals surface area contributed by atoms with Gasteiger partial charge in [0.25, 0.3) is 0 Å². The number of hydrogen-bond acceptors (Lipinski definition) is 1. The molecule has 0 unspecified atom stereocenters. The molecule has 0 N–H and O–H groups in total. The van der Waals surface area contributed by atoms with Gasteiger partial charge < -0.3 is 0 Å². The Morgan fingerprint density at radius 3 is 2.25 bits per heavy atom.